The van der Waals surface area contributed by atoms with Crippen molar-refractivity contribution in [2.45, 2.75) is 32.1 Å². The first kappa shape index (κ1) is 13.1. The molecule has 3 atom stereocenters. The highest BCUT2D eigenvalue weighted by Crippen LogP contribution is 2.30. The third-order valence-electron chi connectivity index (χ3n) is 3.06. The Hall–Kier alpha value is -0.360. The SMILES string of the molecule is C[C@@H]1CN(C(CN)c2occc2Br)C[C@H](C)O1. The summed E-state index contributed by atoms with van der Waals surface area (Å²) in [4.78, 5) is 2.34. The number of halogens is 1. The molecule has 17 heavy (non-hydrogen) atoms. The molecular weight excluding hydrogens is 284 g/mol. The highest BCUT2D eigenvalue weighted by molar-refractivity contribution is 9.10. The summed E-state index contributed by atoms with van der Waals surface area (Å²) in [5, 5.41) is 0. The van der Waals surface area contributed by atoms with Crippen molar-refractivity contribution in [2.75, 3.05) is 19.6 Å². The van der Waals surface area contributed by atoms with Crippen LogP contribution in [0.15, 0.2) is 21.2 Å². The number of nitrogens with two attached hydrogens (primary N) is 1. The quantitative estimate of drug-likeness (QED) is 0.929. The van der Waals surface area contributed by atoms with Gasteiger partial charge in [-0.3, -0.25) is 4.90 Å². The predicted octanol–water partition coefficient (Wildman–Crippen LogP) is 2.15. The van der Waals surface area contributed by atoms with Crippen LogP contribution < -0.4 is 5.73 Å². The molecule has 4 nitrogen and oxygen atoms in total. The lowest BCUT2D eigenvalue weighted by Gasteiger charge is -2.39. The molecule has 1 aromatic heterocycles. The van der Waals surface area contributed by atoms with E-state index in [0.29, 0.717) is 6.54 Å². The van der Waals surface area contributed by atoms with Gasteiger partial charge < -0.3 is 14.9 Å². The van der Waals surface area contributed by atoms with Crippen molar-refractivity contribution >= 4 is 15.9 Å². The lowest BCUT2D eigenvalue weighted by Crippen LogP contribution is -2.48. The molecule has 1 fully saturated rings. The summed E-state index contributed by atoms with van der Waals surface area (Å²) in [6, 6.07) is 2.03. The van der Waals surface area contributed by atoms with Crippen molar-refractivity contribution < 1.29 is 9.15 Å². The maximum Gasteiger partial charge on any atom is 0.136 e. The minimum absolute atomic E-state index is 0.119. The normalized spacial score (nSPS) is 28.2. The van der Waals surface area contributed by atoms with Crippen LogP contribution in [-0.2, 0) is 4.74 Å². The van der Waals surface area contributed by atoms with Gasteiger partial charge in [-0.15, -0.1) is 0 Å². The Kier molecular flexibility index (Phi) is 4.25. The molecule has 2 N–H and O–H groups in total. The third-order valence-corrected chi connectivity index (χ3v) is 3.71. The Morgan fingerprint density at radius 1 is 1.47 bits per heavy atom. The largest absolute Gasteiger partial charge is 0.466 e. The van der Waals surface area contributed by atoms with E-state index in [1.54, 1.807) is 6.26 Å². The number of nitrogens with zero attached hydrogens (tertiary/aromatic N) is 1. The van der Waals surface area contributed by atoms with Gasteiger partial charge in [0.05, 0.1) is 29.0 Å². The molecule has 96 valence electrons. The second kappa shape index (κ2) is 5.52. The molecule has 0 aliphatic carbocycles. The number of morpholine rings is 1. The van der Waals surface area contributed by atoms with Gasteiger partial charge in [0.2, 0.25) is 0 Å². The molecule has 5 heteroatoms. The first-order chi connectivity index (χ1) is 8.11. The average molecular weight is 303 g/mol. The minimum Gasteiger partial charge on any atom is -0.466 e. The highest BCUT2D eigenvalue weighted by atomic mass is 79.9. The number of hydrogen-bond acceptors (Lipinski definition) is 4. The number of hydrogen-bond donors (Lipinski definition) is 1. The van der Waals surface area contributed by atoms with Gasteiger partial charge in [-0.25, -0.2) is 0 Å². The predicted molar refractivity (Wildman–Crippen MR) is 69.8 cm³/mol. The van der Waals surface area contributed by atoms with Crippen molar-refractivity contribution in [1.29, 1.82) is 0 Å². The monoisotopic (exact) mass is 302 g/mol. The highest BCUT2D eigenvalue weighted by Gasteiger charge is 2.30. The van der Waals surface area contributed by atoms with E-state index in [4.69, 9.17) is 14.9 Å². The van der Waals surface area contributed by atoms with Gasteiger partial charge in [-0.2, -0.15) is 0 Å². The molecule has 1 saturated heterocycles. The van der Waals surface area contributed by atoms with Gasteiger partial charge in [-0.05, 0) is 35.8 Å². The summed E-state index contributed by atoms with van der Waals surface area (Å²) < 4.78 is 12.3. The summed E-state index contributed by atoms with van der Waals surface area (Å²) in [5.41, 5.74) is 5.89. The van der Waals surface area contributed by atoms with Gasteiger partial charge >= 0.3 is 0 Å². The molecule has 0 saturated carbocycles. The lowest BCUT2D eigenvalue weighted by molar-refractivity contribution is -0.0820. The van der Waals surface area contributed by atoms with Gasteiger partial charge in [0, 0.05) is 19.6 Å². The fraction of sp³-hybridized carbons (Fsp3) is 0.667. The van der Waals surface area contributed by atoms with E-state index < -0.39 is 0 Å². The number of ether oxygens (including phenoxy) is 1. The van der Waals surface area contributed by atoms with E-state index in [0.717, 1.165) is 23.3 Å². The van der Waals surface area contributed by atoms with E-state index in [-0.39, 0.29) is 18.2 Å². The van der Waals surface area contributed by atoms with Gasteiger partial charge in [0.25, 0.3) is 0 Å². The standard InChI is InChI=1S/C12H19BrN2O2/c1-8-6-15(7-9(2)17-8)11(5-14)12-10(13)3-4-16-12/h3-4,8-9,11H,5-7,14H2,1-2H3/t8-,9+,11?. The third kappa shape index (κ3) is 2.91. The fourth-order valence-corrected chi connectivity index (χ4v) is 2.90. The smallest absolute Gasteiger partial charge is 0.136 e. The van der Waals surface area contributed by atoms with E-state index in [1.165, 1.54) is 0 Å². The summed E-state index contributed by atoms with van der Waals surface area (Å²) in [6.45, 7) is 6.51. The average Bonchev–Trinajstić information content (AvgIpc) is 2.65. The first-order valence-electron chi connectivity index (χ1n) is 5.94. The summed E-state index contributed by atoms with van der Waals surface area (Å²) in [7, 11) is 0. The van der Waals surface area contributed by atoms with E-state index in [2.05, 4.69) is 34.7 Å². The number of rotatable bonds is 3. The zero-order chi connectivity index (χ0) is 12.4. The zero-order valence-corrected chi connectivity index (χ0v) is 11.8. The van der Waals surface area contributed by atoms with Crippen LogP contribution in [0.3, 0.4) is 0 Å². The van der Waals surface area contributed by atoms with Crippen LogP contribution in [0.4, 0.5) is 0 Å². The zero-order valence-electron chi connectivity index (χ0n) is 10.2. The van der Waals surface area contributed by atoms with Gasteiger partial charge in [0.1, 0.15) is 5.76 Å². The fourth-order valence-electron chi connectivity index (χ4n) is 2.44. The van der Waals surface area contributed by atoms with E-state index in [1.807, 2.05) is 6.07 Å². The Morgan fingerprint density at radius 3 is 2.59 bits per heavy atom. The van der Waals surface area contributed by atoms with Crippen LogP contribution in [0.5, 0.6) is 0 Å². The van der Waals surface area contributed by atoms with Crippen molar-refractivity contribution in [3.63, 3.8) is 0 Å². The Bertz CT molecular complexity index is 359. The topological polar surface area (TPSA) is 51.6 Å². The van der Waals surface area contributed by atoms with Crippen LogP contribution in [0, 0.1) is 0 Å². The van der Waals surface area contributed by atoms with E-state index >= 15 is 0 Å². The van der Waals surface area contributed by atoms with Crippen molar-refractivity contribution in [3.05, 3.63) is 22.6 Å². The van der Waals surface area contributed by atoms with Gasteiger partial charge in [0.15, 0.2) is 0 Å². The molecule has 1 aliphatic heterocycles. The van der Waals surface area contributed by atoms with Crippen LogP contribution in [0.2, 0.25) is 0 Å². The van der Waals surface area contributed by atoms with Crippen molar-refractivity contribution in [2.24, 2.45) is 5.73 Å². The van der Waals surface area contributed by atoms with Crippen LogP contribution in [-0.4, -0.2) is 36.7 Å². The molecule has 0 aromatic carbocycles. The van der Waals surface area contributed by atoms with Crippen molar-refractivity contribution in [1.82, 2.24) is 4.90 Å². The van der Waals surface area contributed by atoms with Gasteiger partial charge in [-0.1, -0.05) is 0 Å². The molecule has 2 heterocycles. The second-order valence-corrected chi connectivity index (χ2v) is 5.45. The maximum absolute atomic E-state index is 5.89. The minimum atomic E-state index is 0.119. The Balaban J connectivity index is 2.15. The second-order valence-electron chi connectivity index (χ2n) is 4.60. The molecule has 2 rings (SSSR count). The molecule has 0 bridgehead atoms. The summed E-state index contributed by atoms with van der Waals surface area (Å²) in [5.74, 6) is 0.911. The van der Waals surface area contributed by atoms with Crippen molar-refractivity contribution in [3.8, 4) is 0 Å². The molecule has 1 aromatic rings. The van der Waals surface area contributed by atoms with Crippen LogP contribution in [0.25, 0.3) is 0 Å². The molecule has 0 radical (unpaired) electrons. The molecule has 1 unspecified atom stereocenters. The summed E-state index contributed by atoms with van der Waals surface area (Å²) in [6.07, 6.45) is 2.16. The molecule has 1 aliphatic rings. The first-order valence-corrected chi connectivity index (χ1v) is 6.73. The summed E-state index contributed by atoms with van der Waals surface area (Å²) >= 11 is 3.50. The molecule has 0 amide bonds. The molecular formula is C12H19BrN2O2. The lowest BCUT2D eigenvalue weighted by atomic mass is 10.1. The molecule has 0 spiro atoms. The Morgan fingerprint density at radius 2 is 2.12 bits per heavy atom. The van der Waals surface area contributed by atoms with Crippen LogP contribution in [0.1, 0.15) is 25.6 Å². The Labute approximate surface area is 110 Å². The number of furan rings is 1. The van der Waals surface area contributed by atoms with Crippen LogP contribution >= 0.6 is 15.9 Å². The maximum atomic E-state index is 5.89. The van der Waals surface area contributed by atoms with E-state index in [9.17, 15) is 0 Å².